The van der Waals surface area contributed by atoms with Gasteiger partial charge in [0, 0.05) is 17.2 Å². The number of carbonyl (C=O) groups is 1. The second kappa shape index (κ2) is 10.5. The molecule has 0 bridgehead atoms. The van der Waals surface area contributed by atoms with Gasteiger partial charge in [-0.1, -0.05) is 5.21 Å². The van der Waals surface area contributed by atoms with Crippen LogP contribution in [-0.4, -0.2) is 49.5 Å². The number of carbonyl (C=O) groups excluding carboxylic acids is 1. The van der Waals surface area contributed by atoms with Gasteiger partial charge in [0.1, 0.15) is 18.1 Å². The van der Waals surface area contributed by atoms with Gasteiger partial charge in [0.15, 0.2) is 5.69 Å². The van der Waals surface area contributed by atoms with Crippen LogP contribution < -0.4 is 20.6 Å². The fraction of sp³-hybridized carbons (Fsp3) is 0.182. The molecule has 15 nitrogen and oxygen atoms in total. The van der Waals surface area contributed by atoms with Crippen LogP contribution in [0.5, 0.6) is 11.5 Å². The van der Waals surface area contributed by atoms with Crippen molar-refractivity contribution in [3.63, 3.8) is 0 Å². The second-order valence-corrected chi connectivity index (χ2v) is 7.67. The Bertz CT molecular complexity index is 1490. The molecule has 1 amide bonds. The Morgan fingerprint density at radius 3 is 2.76 bits per heavy atom. The number of anilines is 1. The summed E-state index contributed by atoms with van der Waals surface area (Å²) in [4.78, 5) is 23.3. The minimum absolute atomic E-state index is 0.0142. The quantitative estimate of drug-likeness (QED) is 0.191. The number of nitro groups is 1. The summed E-state index contributed by atoms with van der Waals surface area (Å²) >= 11 is 0. The zero-order valence-electron chi connectivity index (χ0n) is 19.9. The first kappa shape index (κ1) is 24.8. The molecule has 4 rings (SSSR count). The third-order valence-electron chi connectivity index (χ3n) is 5.19. The molecule has 37 heavy (non-hydrogen) atoms. The highest BCUT2D eigenvalue weighted by Crippen LogP contribution is 2.26. The minimum atomic E-state index is -0.605. The number of hydrogen-bond donors (Lipinski definition) is 2. The van der Waals surface area contributed by atoms with Crippen LogP contribution >= 0.6 is 0 Å². The Labute approximate surface area is 209 Å². The molecule has 15 heteroatoms. The lowest BCUT2D eigenvalue weighted by Crippen LogP contribution is -2.22. The Kier molecular flexibility index (Phi) is 7.04. The van der Waals surface area contributed by atoms with E-state index in [-0.39, 0.29) is 29.6 Å². The SMILES string of the molecule is COc1ccc(/C=N/NC(=O)c2c(C)nnn2-c2nonc2N)cc1COc1ccc([N+](=O)[O-])c(C)c1. The number of nitrogen functional groups attached to an aromatic ring is 1. The van der Waals surface area contributed by atoms with Crippen LogP contribution in [0.4, 0.5) is 11.5 Å². The van der Waals surface area contributed by atoms with Gasteiger partial charge in [0.2, 0.25) is 11.6 Å². The molecule has 0 atom stereocenters. The summed E-state index contributed by atoms with van der Waals surface area (Å²) in [6, 6.07) is 9.76. The lowest BCUT2D eigenvalue weighted by molar-refractivity contribution is -0.385. The largest absolute Gasteiger partial charge is 0.496 e. The van der Waals surface area contributed by atoms with Gasteiger partial charge in [-0.25, -0.2) is 10.1 Å². The highest BCUT2D eigenvalue weighted by molar-refractivity contribution is 5.94. The average molecular weight is 507 g/mol. The van der Waals surface area contributed by atoms with Gasteiger partial charge in [-0.15, -0.1) is 5.10 Å². The van der Waals surface area contributed by atoms with Crippen molar-refractivity contribution in [3.8, 4) is 17.3 Å². The van der Waals surface area contributed by atoms with Crippen molar-refractivity contribution in [1.29, 1.82) is 0 Å². The normalized spacial score (nSPS) is 11.0. The maximum atomic E-state index is 12.7. The van der Waals surface area contributed by atoms with Crippen molar-refractivity contribution in [2.45, 2.75) is 20.5 Å². The summed E-state index contributed by atoms with van der Waals surface area (Å²) in [6.07, 6.45) is 1.44. The van der Waals surface area contributed by atoms with E-state index in [1.807, 2.05) is 0 Å². The first-order valence-corrected chi connectivity index (χ1v) is 10.7. The van der Waals surface area contributed by atoms with Gasteiger partial charge >= 0.3 is 0 Å². The van der Waals surface area contributed by atoms with E-state index >= 15 is 0 Å². The van der Waals surface area contributed by atoms with Gasteiger partial charge in [-0.05, 0) is 60.1 Å². The number of hydrazone groups is 1. The summed E-state index contributed by atoms with van der Waals surface area (Å²) < 4.78 is 16.9. The van der Waals surface area contributed by atoms with E-state index in [4.69, 9.17) is 15.2 Å². The predicted molar refractivity (Wildman–Crippen MR) is 129 cm³/mol. The van der Waals surface area contributed by atoms with Crippen molar-refractivity contribution >= 4 is 23.6 Å². The highest BCUT2D eigenvalue weighted by atomic mass is 16.6. The summed E-state index contributed by atoms with van der Waals surface area (Å²) in [5.74, 6) is 0.410. The van der Waals surface area contributed by atoms with Crippen molar-refractivity contribution in [1.82, 2.24) is 30.7 Å². The standard InChI is InChI=1S/C22H21N9O6/c1-12-8-16(5-6-17(12)31(33)34)36-11-15-9-14(4-7-18(15)35-3)10-24-26-22(32)19-13(2)25-29-30(19)21-20(23)27-37-28-21/h4-10H,11H2,1-3H3,(H2,23,27)(H,26,32)/b24-10+. The van der Waals surface area contributed by atoms with Crippen molar-refractivity contribution in [2.75, 3.05) is 12.8 Å². The molecule has 0 aliphatic heterocycles. The Hall–Kier alpha value is -5.34. The van der Waals surface area contributed by atoms with Crippen LogP contribution in [0.1, 0.15) is 32.9 Å². The van der Waals surface area contributed by atoms with Crippen LogP contribution in [-0.2, 0) is 6.61 Å². The highest BCUT2D eigenvalue weighted by Gasteiger charge is 2.22. The lowest BCUT2D eigenvalue weighted by Gasteiger charge is -2.11. The summed E-state index contributed by atoms with van der Waals surface area (Å²) in [5, 5.41) is 29.8. The molecule has 2 aromatic heterocycles. The second-order valence-electron chi connectivity index (χ2n) is 7.67. The van der Waals surface area contributed by atoms with E-state index in [1.54, 1.807) is 38.1 Å². The van der Waals surface area contributed by atoms with Gasteiger partial charge in [-0.3, -0.25) is 14.9 Å². The van der Waals surface area contributed by atoms with Crippen LogP contribution in [0.2, 0.25) is 0 Å². The molecule has 0 spiro atoms. The van der Waals surface area contributed by atoms with Crippen molar-refractivity contribution < 1.29 is 23.8 Å². The molecule has 2 heterocycles. The zero-order valence-corrected chi connectivity index (χ0v) is 19.9. The molecular weight excluding hydrogens is 486 g/mol. The van der Waals surface area contributed by atoms with Gasteiger partial charge < -0.3 is 15.2 Å². The molecule has 2 aromatic carbocycles. The smallest absolute Gasteiger partial charge is 0.292 e. The number of nitro benzene ring substituents is 1. The maximum absolute atomic E-state index is 12.7. The fourth-order valence-corrected chi connectivity index (χ4v) is 3.40. The van der Waals surface area contributed by atoms with E-state index in [2.05, 4.69) is 35.8 Å². The third-order valence-corrected chi connectivity index (χ3v) is 5.19. The van der Waals surface area contributed by atoms with E-state index < -0.39 is 10.8 Å². The molecule has 0 saturated carbocycles. The number of amides is 1. The monoisotopic (exact) mass is 507 g/mol. The van der Waals surface area contributed by atoms with Crippen LogP contribution in [0.15, 0.2) is 46.1 Å². The number of ether oxygens (including phenoxy) is 2. The van der Waals surface area contributed by atoms with E-state index in [0.29, 0.717) is 33.9 Å². The minimum Gasteiger partial charge on any atom is -0.496 e. The fourth-order valence-electron chi connectivity index (χ4n) is 3.40. The Morgan fingerprint density at radius 1 is 1.27 bits per heavy atom. The number of benzene rings is 2. The number of nitrogens with zero attached hydrogens (tertiary/aromatic N) is 7. The number of hydrogen-bond acceptors (Lipinski definition) is 12. The summed E-state index contributed by atoms with van der Waals surface area (Å²) in [7, 11) is 1.53. The molecule has 3 N–H and O–H groups in total. The lowest BCUT2D eigenvalue weighted by atomic mass is 10.1. The average Bonchev–Trinajstić information content (AvgIpc) is 3.47. The van der Waals surface area contributed by atoms with Gasteiger partial charge in [0.25, 0.3) is 11.6 Å². The van der Waals surface area contributed by atoms with Gasteiger partial charge in [0.05, 0.1) is 23.9 Å². The Morgan fingerprint density at radius 2 is 2.08 bits per heavy atom. The maximum Gasteiger partial charge on any atom is 0.292 e. The molecule has 0 aliphatic carbocycles. The molecule has 0 unspecified atom stereocenters. The van der Waals surface area contributed by atoms with E-state index in [0.717, 1.165) is 4.68 Å². The summed E-state index contributed by atoms with van der Waals surface area (Å²) in [5.41, 5.74) is 10.3. The van der Waals surface area contributed by atoms with Crippen LogP contribution in [0, 0.1) is 24.0 Å². The topological polar surface area (TPSA) is 199 Å². The first-order valence-electron chi connectivity index (χ1n) is 10.7. The number of aromatic nitrogens is 5. The first-order chi connectivity index (χ1) is 17.8. The van der Waals surface area contributed by atoms with Crippen LogP contribution in [0.3, 0.4) is 0 Å². The molecule has 190 valence electrons. The number of rotatable bonds is 9. The predicted octanol–water partition coefficient (Wildman–Crippen LogP) is 2.11. The van der Waals surface area contributed by atoms with Gasteiger partial charge in [-0.2, -0.15) is 9.78 Å². The Balaban J connectivity index is 1.46. The van der Waals surface area contributed by atoms with E-state index in [1.165, 1.54) is 25.5 Å². The molecule has 0 aliphatic rings. The zero-order chi connectivity index (χ0) is 26.5. The molecular formula is C22H21N9O6. The number of aryl methyl sites for hydroxylation is 2. The number of nitrogens with two attached hydrogens (primary N) is 1. The summed E-state index contributed by atoms with van der Waals surface area (Å²) in [6.45, 7) is 3.36. The van der Waals surface area contributed by atoms with E-state index in [9.17, 15) is 14.9 Å². The molecule has 0 fully saturated rings. The van der Waals surface area contributed by atoms with Crippen molar-refractivity contribution in [3.05, 3.63) is 74.6 Å². The molecule has 0 saturated heterocycles. The molecule has 0 radical (unpaired) electrons. The number of nitrogens with one attached hydrogen (secondary N) is 1. The van der Waals surface area contributed by atoms with Crippen LogP contribution in [0.25, 0.3) is 5.82 Å². The third kappa shape index (κ3) is 5.34. The molecule has 4 aromatic rings. The number of methoxy groups -OCH3 is 1. The van der Waals surface area contributed by atoms with Crippen molar-refractivity contribution in [2.24, 2.45) is 5.10 Å².